The van der Waals surface area contributed by atoms with Gasteiger partial charge in [-0.05, 0) is 30.4 Å². The number of aromatic hydroxyl groups is 1. The van der Waals surface area contributed by atoms with Gasteiger partial charge in [0.15, 0.2) is 17.2 Å². The van der Waals surface area contributed by atoms with Gasteiger partial charge in [-0.1, -0.05) is 13.0 Å². The van der Waals surface area contributed by atoms with Crippen molar-refractivity contribution < 1.29 is 27.8 Å². The van der Waals surface area contributed by atoms with E-state index in [0.717, 1.165) is 12.1 Å². The van der Waals surface area contributed by atoms with Crippen molar-refractivity contribution in [1.29, 1.82) is 0 Å². The summed E-state index contributed by atoms with van der Waals surface area (Å²) in [5, 5.41) is 19.7. The monoisotopic (exact) mass is 293 g/mol. The van der Waals surface area contributed by atoms with E-state index in [1.54, 1.807) is 6.92 Å². The molecule has 20 heavy (non-hydrogen) atoms. The minimum Gasteiger partial charge on any atom is -0.505 e. The first-order valence-corrected chi connectivity index (χ1v) is 6.19. The third-order valence-electron chi connectivity index (χ3n) is 4.00. The van der Waals surface area contributed by atoms with E-state index >= 15 is 0 Å². The molecule has 112 valence electrons. The lowest BCUT2D eigenvalue weighted by Gasteiger charge is -2.43. The standard InChI is InChI=1S/C13H15F4NO2/c1-2-6-5-12(20,13(15,16)17)11(18)7-3-4-8(14)10(19)9(6)7/h3-4,6,11,19-20H,2,5,18H2,1H3. The number of phenolic OH excluding ortho intramolecular Hbond substituents is 1. The molecule has 0 aromatic heterocycles. The Labute approximate surface area is 113 Å². The highest BCUT2D eigenvalue weighted by atomic mass is 19.4. The van der Waals surface area contributed by atoms with Crippen molar-refractivity contribution in [3.05, 3.63) is 29.1 Å². The third kappa shape index (κ3) is 1.96. The smallest absolute Gasteiger partial charge is 0.419 e. The molecular formula is C13H15F4NO2. The van der Waals surface area contributed by atoms with Crippen molar-refractivity contribution in [1.82, 2.24) is 0 Å². The SMILES string of the molecule is CCC1CC(O)(C(F)(F)F)C(N)c2ccc(F)c(O)c21. The summed E-state index contributed by atoms with van der Waals surface area (Å²) in [7, 11) is 0. The van der Waals surface area contributed by atoms with E-state index in [1.807, 2.05) is 0 Å². The molecule has 1 aliphatic carbocycles. The van der Waals surface area contributed by atoms with E-state index in [0.29, 0.717) is 0 Å². The Morgan fingerprint density at radius 2 is 2.00 bits per heavy atom. The lowest BCUT2D eigenvalue weighted by Crippen LogP contribution is -2.56. The van der Waals surface area contributed by atoms with Crippen molar-refractivity contribution in [2.45, 2.75) is 43.5 Å². The number of nitrogens with two attached hydrogens (primary N) is 1. The van der Waals surface area contributed by atoms with Crippen LogP contribution in [-0.4, -0.2) is 22.0 Å². The van der Waals surface area contributed by atoms with Crippen LogP contribution >= 0.6 is 0 Å². The lowest BCUT2D eigenvalue weighted by atomic mass is 9.69. The Bertz CT molecular complexity index is 532. The van der Waals surface area contributed by atoms with E-state index < -0.39 is 41.7 Å². The molecule has 0 saturated heterocycles. The van der Waals surface area contributed by atoms with Gasteiger partial charge in [0.1, 0.15) is 0 Å². The van der Waals surface area contributed by atoms with Gasteiger partial charge in [0.25, 0.3) is 0 Å². The van der Waals surface area contributed by atoms with Gasteiger partial charge in [-0.15, -0.1) is 0 Å². The first-order valence-electron chi connectivity index (χ1n) is 6.19. The number of hydrogen-bond acceptors (Lipinski definition) is 3. The number of fused-ring (bicyclic) bond motifs is 1. The molecule has 3 atom stereocenters. The molecule has 1 aliphatic rings. The molecule has 1 aromatic carbocycles. The highest BCUT2D eigenvalue weighted by Crippen LogP contribution is 2.53. The van der Waals surface area contributed by atoms with Crippen molar-refractivity contribution in [2.75, 3.05) is 0 Å². The quantitative estimate of drug-likeness (QED) is 0.697. The average molecular weight is 293 g/mol. The number of benzene rings is 1. The van der Waals surface area contributed by atoms with Gasteiger partial charge in [-0.3, -0.25) is 0 Å². The first kappa shape index (κ1) is 15.1. The minimum absolute atomic E-state index is 0.0638. The molecule has 0 bridgehead atoms. The zero-order valence-electron chi connectivity index (χ0n) is 10.7. The van der Waals surface area contributed by atoms with Crippen LogP contribution in [0.2, 0.25) is 0 Å². The number of alkyl halides is 3. The number of aliphatic hydroxyl groups is 1. The molecular weight excluding hydrogens is 278 g/mol. The molecule has 3 nitrogen and oxygen atoms in total. The Balaban J connectivity index is 2.65. The topological polar surface area (TPSA) is 66.5 Å². The van der Waals surface area contributed by atoms with Crippen LogP contribution in [0.4, 0.5) is 17.6 Å². The fourth-order valence-corrected chi connectivity index (χ4v) is 2.80. The van der Waals surface area contributed by atoms with Crippen LogP contribution < -0.4 is 5.73 Å². The zero-order valence-corrected chi connectivity index (χ0v) is 10.7. The summed E-state index contributed by atoms with van der Waals surface area (Å²) < 4.78 is 52.7. The highest BCUT2D eigenvalue weighted by Gasteiger charge is 2.61. The number of phenols is 1. The van der Waals surface area contributed by atoms with Crippen molar-refractivity contribution >= 4 is 0 Å². The largest absolute Gasteiger partial charge is 0.505 e. The van der Waals surface area contributed by atoms with Gasteiger partial charge in [0, 0.05) is 5.56 Å². The molecule has 3 unspecified atom stereocenters. The lowest BCUT2D eigenvalue weighted by molar-refractivity contribution is -0.275. The summed E-state index contributed by atoms with van der Waals surface area (Å²) in [6, 6.07) is 0.183. The predicted octanol–water partition coefficient (Wildman–Crippen LogP) is 2.72. The second-order valence-electron chi connectivity index (χ2n) is 5.11. The fraction of sp³-hybridized carbons (Fsp3) is 0.538. The number of hydrogen-bond donors (Lipinski definition) is 3. The van der Waals surface area contributed by atoms with Crippen molar-refractivity contribution in [3.8, 4) is 5.75 Å². The van der Waals surface area contributed by atoms with Gasteiger partial charge in [-0.2, -0.15) is 13.2 Å². The highest BCUT2D eigenvalue weighted by molar-refractivity contribution is 5.48. The van der Waals surface area contributed by atoms with E-state index in [2.05, 4.69) is 0 Å². The van der Waals surface area contributed by atoms with Gasteiger partial charge in [-0.25, -0.2) is 4.39 Å². The molecule has 1 aromatic rings. The Hall–Kier alpha value is -1.34. The Kier molecular flexibility index (Phi) is 3.46. The second kappa shape index (κ2) is 4.60. The number of rotatable bonds is 1. The normalized spacial score (nSPS) is 30.1. The van der Waals surface area contributed by atoms with Crippen LogP contribution in [-0.2, 0) is 0 Å². The first-order chi connectivity index (χ1) is 9.13. The van der Waals surface area contributed by atoms with Crippen LogP contribution in [0.25, 0.3) is 0 Å². The third-order valence-corrected chi connectivity index (χ3v) is 4.00. The van der Waals surface area contributed by atoms with Gasteiger partial charge < -0.3 is 15.9 Å². The maximum atomic E-state index is 13.4. The van der Waals surface area contributed by atoms with Crippen LogP contribution in [0, 0.1) is 5.82 Å². The molecule has 0 amide bonds. The van der Waals surface area contributed by atoms with Crippen molar-refractivity contribution in [3.63, 3.8) is 0 Å². The van der Waals surface area contributed by atoms with Gasteiger partial charge in [0.2, 0.25) is 0 Å². The molecule has 0 heterocycles. The predicted molar refractivity (Wildman–Crippen MR) is 63.6 cm³/mol. The van der Waals surface area contributed by atoms with Gasteiger partial charge in [0.05, 0.1) is 6.04 Å². The molecule has 4 N–H and O–H groups in total. The Morgan fingerprint density at radius 3 is 2.50 bits per heavy atom. The molecule has 0 saturated carbocycles. The van der Waals surface area contributed by atoms with E-state index in [1.165, 1.54) is 0 Å². The van der Waals surface area contributed by atoms with E-state index in [9.17, 15) is 27.8 Å². The molecule has 0 aliphatic heterocycles. The maximum absolute atomic E-state index is 13.4. The molecule has 0 spiro atoms. The average Bonchev–Trinajstić information content (AvgIpc) is 2.36. The minimum atomic E-state index is -4.90. The Morgan fingerprint density at radius 1 is 1.40 bits per heavy atom. The summed E-state index contributed by atoms with van der Waals surface area (Å²) in [4.78, 5) is 0. The summed E-state index contributed by atoms with van der Waals surface area (Å²) in [5.41, 5.74) is 2.46. The van der Waals surface area contributed by atoms with Crippen LogP contribution in [0.15, 0.2) is 12.1 Å². The molecule has 7 heteroatoms. The summed E-state index contributed by atoms with van der Waals surface area (Å²) in [5.74, 6) is -2.41. The molecule has 2 rings (SSSR count). The van der Waals surface area contributed by atoms with Crippen molar-refractivity contribution in [2.24, 2.45) is 5.73 Å². The molecule has 0 radical (unpaired) electrons. The fourth-order valence-electron chi connectivity index (χ4n) is 2.80. The van der Waals surface area contributed by atoms with Crippen LogP contribution in [0.3, 0.4) is 0 Å². The van der Waals surface area contributed by atoms with Gasteiger partial charge >= 0.3 is 6.18 Å². The van der Waals surface area contributed by atoms with E-state index in [4.69, 9.17) is 5.73 Å². The summed E-state index contributed by atoms with van der Waals surface area (Å²) >= 11 is 0. The summed E-state index contributed by atoms with van der Waals surface area (Å²) in [6.07, 6.45) is -5.38. The van der Waals surface area contributed by atoms with Crippen LogP contribution in [0.1, 0.15) is 42.9 Å². The number of halogens is 4. The summed E-state index contributed by atoms with van der Waals surface area (Å²) in [6.45, 7) is 1.60. The maximum Gasteiger partial charge on any atom is 0.419 e. The van der Waals surface area contributed by atoms with E-state index in [-0.39, 0.29) is 17.5 Å². The van der Waals surface area contributed by atoms with Crippen LogP contribution in [0.5, 0.6) is 5.75 Å². The molecule has 0 fully saturated rings. The zero-order chi connectivity index (χ0) is 15.3. The second-order valence-corrected chi connectivity index (χ2v) is 5.11.